The van der Waals surface area contributed by atoms with E-state index in [4.69, 9.17) is 0 Å². The van der Waals surface area contributed by atoms with Crippen LogP contribution in [-0.2, 0) is 12.4 Å². The van der Waals surface area contributed by atoms with Gasteiger partial charge in [-0.1, -0.05) is 26.0 Å². The number of hydrogen-bond donors (Lipinski definition) is 0. The van der Waals surface area contributed by atoms with Crippen LogP contribution in [0.25, 0.3) is 16.7 Å². The lowest BCUT2D eigenvalue weighted by Crippen LogP contribution is -2.15. The van der Waals surface area contributed by atoms with Crippen LogP contribution >= 0.6 is 0 Å². The van der Waals surface area contributed by atoms with Crippen LogP contribution in [0.5, 0.6) is 0 Å². The van der Waals surface area contributed by atoms with E-state index < -0.39 is 23.5 Å². The summed E-state index contributed by atoms with van der Waals surface area (Å²) in [5, 5.41) is 0. The molecule has 26 heavy (non-hydrogen) atoms. The molecule has 0 aliphatic carbocycles. The van der Waals surface area contributed by atoms with Crippen molar-refractivity contribution in [2.24, 2.45) is 0 Å². The highest BCUT2D eigenvalue weighted by atomic mass is 19.4. The van der Waals surface area contributed by atoms with E-state index in [9.17, 15) is 26.3 Å². The number of hydrogen-bond acceptors (Lipinski definition) is 1. The molecule has 1 aromatic heterocycles. The Morgan fingerprint density at radius 3 is 2.12 bits per heavy atom. The number of benzene rings is 2. The Hall–Kier alpha value is -2.51. The van der Waals surface area contributed by atoms with Gasteiger partial charge in [0.2, 0.25) is 0 Å². The van der Waals surface area contributed by atoms with Crippen molar-refractivity contribution in [3.8, 4) is 5.69 Å². The van der Waals surface area contributed by atoms with Gasteiger partial charge in [0, 0.05) is 5.92 Å². The van der Waals surface area contributed by atoms with Gasteiger partial charge in [-0.15, -0.1) is 0 Å². The minimum atomic E-state index is -4.95. The maximum Gasteiger partial charge on any atom is 0.418 e. The molecular formula is C18H14F6N2. The van der Waals surface area contributed by atoms with Gasteiger partial charge in [-0.05, 0) is 30.3 Å². The summed E-state index contributed by atoms with van der Waals surface area (Å²) >= 11 is 0. The first-order chi connectivity index (χ1) is 12.0. The minimum Gasteiger partial charge on any atom is -0.295 e. The number of rotatable bonds is 2. The van der Waals surface area contributed by atoms with Crippen LogP contribution < -0.4 is 0 Å². The Labute approximate surface area is 145 Å². The molecule has 0 saturated heterocycles. The summed E-state index contributed by atoms with van der Waals surface area (Å²) in [6, 6.07) is 8.23. The van der Waals surface area contributed by atoms with Gasteiger partial charge in [0.05, 0.1) is 27.8 Å². The van der Waals surface area contributed by atoms with Crippen molar-refractivity contribution in [2.45, 2.75) is 32.1 Å². The van der Waals surface area contributed by atoms with Crippen LogP contribution in [-0.4, -0.2) is 9.55 Å². The van der Waals surface area contributed by atoms with E-state index >= 15 is 0 Å². The van der Waals surface area contributed by atoms with E-state index in [2.05, 4.69) is 4.98 Å². The zero-order chi connectivity index (χ0) is 19.3. The summed E-state index contributed by atoms with van der Waals surface area (Å²) in [7, 11) is 0. The number of alkyl halides is 6. The molecule has 0 bridgehead atoms. The van der Waals surface area contributed by atoms with Gasteiger partial charge in [-0.3, -0.25) is 4.57 Å². The topological polar surface area (TPSA) is 17.8 Å². The Morgan fingerprint density at radius 2 is 1.54 bits per heavy atom. The fraction of sp³-hybridized carbons (Fsp3) is 0.278. The first-order valence-corrected chi connectivity index (χ1v) is 7.76. The second kappa shape index (κ2) is 6.03. The van der Waals surface area contributed by atoms with Gasteiger partial charge in [0.25, 0.3) is 0 Å². The minimum absolute atomic E-state index is 0.147. The molecule has 0 aliphatic heterocycles. The maximum absolute atomic E-state index is 13.5. The van der Waals surface area contributed by atoms with Crippen molar-refractivity contribution in [1.82, 2.24) is 9.55 Å². The molecule has 8 heteroatoms. The Kier molecular flexibility index (Phi) is 4.24. The molecule has 3 rings (SSSR count). The molecule has 0 atom stereocenters. The second-order valence-electron chi connectivity index (χ2n) is 6.18. The molecular weight excluding hydrogens is 358 g/mol. The number of imidazole rings is 1. The van der Waals surface area contributed by atoms with Crippen molar-refractivity contribution in [2.75, 3.05) is 0 Å². The highest BCUT2D eigenvalue weighted by molar-refractivity contribution is 5.79. The van der Waals surface area contributed by atoms with Crippen LogP contribution in [0.15, 0.2) is 42.5 Å². The molecule has 0 aliphatic rings. The summed E-state index contributed by atoms with van der Waals surface area (Å²) in [4.78, 5) is 4.36. The molecule has 0 spiro atoms. The van der Waals surface area contributed by atoms with Crippen molar-refractivity contribution in [3.05, 3.63) is 59.4 Å². The number of halogens is 6. The number of fused-ring (bicyclic) bond motifs is 1. The lowest BCUT2D eigenvalue weighted by Gasteiger charge is -2.19. The average Bonchev–Trinajstić information content (AvgIpc) is 2.92. The number of aromatic nitrogens is 2. The van der Waals surface area contributed by atoms with Crippen LogP contribution in [0.4, 0.5) is 26.3 Å². The Balaban J connectivity index is 2.37. The van der Waals surface area contributed by atoms with Crippen molar-refractivity contribution < 1.29 is 26.3 Å². The maximum atomic E-state index is 13.5. The van der Waals surface area contributed by atoms with Gasteiger partial charge >= 0.3 is 12.4 Å². The zero-order valence-electron chi connectivity index (χ0n) is 13.8. The zero-order valence-corrected chi connectivity index (χ0v) is 13.8. The predicted molar refractivity (Wildman–Crippen MR) is 85.2 cm³/mol. The number of para-hydroxylation sites is 2. The summed E-state index contributed by atoms with van der Waals surface area (Å²) in [5.41, 5.74) is -2.19. The van der Waals surface area contributed by atoms with Crippen LogP contribution in [0.1, 0.15) is 36.7 Å². The van der Waals surface area contributed by atoms with Crippen LogP contribution in [0.3, 0.4) is 0 Å². The molecule has 0 unspecified atom stereocenters. The molecule has 0 saturated carbocycles. The lowest BCUT2D eigenvalue weighted by atomic mass is 10.1. The van der Waals surface area contributed by atoms with Gasteiger partial charge in [-0.25, -0.2) is 4.98 Å². The van der Waals surface area contributed by atoms with Crippen LogP contribution in [0.2, 0.25) is 0 Å². The third-order valence-corrected chi connectivity index (χ3v) is 3.97. The van der Waals surface area contributed by atoms with E-state index in [1.54, 1.807) is 38.1 Å². The SMILES string of the molecule is CC(C)c1nc2ccccc2n1-c1ccc(C(F)(F)F)cc1C(F)(F)F. The first-order valence-electron chi connectivity index (χ1n) is 7.76. The molecule has 0 radical (unpaired) electrons. The Bertz CT molecular complexity index is 950. The predicted octanol–water partition coefficient (Wildman–Crippen LogP) is 6.19. The standard InChI is InChI=1S/C18H14F6N2/c1-10(2)16-25-13-5-3-4-6-15(13)26(16)14-8-7-11(17(19,20)21)9-12(14)18(22,23)24/h3-10H,1-2H3. The summed E-state index contributed by atoms with van der Waals surface area (Å²) in [6.07, 6.45) is -9.81. The van der Waals surface area contributed by atoms with Gasteiger partial charge in [0.15, 0.2) is 0 Å². The summed E-state index contributed by atoms with van der Waals surface area (Å²) in [5.74, 6) is 0.113. The molecule has 0 fully saturated rings. The molecule has 0 N–H and O–H groups in total. The third kappa shape index (κ3) is 3.15. The highest BCUT2D eigenvalue weighted by Gasteiger charge is 2.39. The van der Waals surface area contributed by atoms with Gasteiger partial charge in [-0.2, -0.15) is 26.3 Å². The van der Waals surface area contributed by atoms with E-state index in [0.717, 1.165) is 6.07 Å². The van der Waals surface area contributed by atoms with Crippen LogP contribution in [0, 0.1) is 0 Å². The lowest BCUT2D eigenvalue weighted by molar-refractivity contribution is -0.143. The van der Waals surface area contributed by atoms with E-state index in [0.29, 0.717) is 22.9 Å². The monoisotopic (exact) mass is 372 g/mol. The van der Waals surface area contributed by atoms with Crippen molar-refractivity contribution >= 4 is 11.0 Å². The summed E-state index contributed by atoms with van der Waals surface area (Å²) < 4.78 is 80.6. The third-order valence-electron chi connectivity index (χ3n) is 3.97. The van der Waals surface area contributed by atoms with Gasteiger partial charge in [0.1, 0.15) is 5.82 Å². The molecule has 2 nitrogen and oxygen atoms in total. The normalized spacial score (nSPS) is 13.0. The fourth-order valence-corrected chi connectivity index (χ4v) is 2.82. The van der Waals surface area contributed by atoms with E-state index in [-0.39, 0.29) is 17.7 Å². The fourth-order valence-electron chi connectivity index (χ4n) is 2.82. The van der Waals surface area contributed by atoms with E-state index in [1.807, 2.05) is 0 Å². The molecule has 0 amide bonds. The van der Waals surface area contributed by atoms with Crippen molar-refractivity contribution in [1.29, 1.82) is 0 Å². The van der Waals surface area contributed by atoms with Gasteiger partial charge < -0.3 is 0 Å². The largest absolute Gasteiger partial charge is 0.418 e. The molecule has 1 heterocycles. The number of nitrogens with zero attached hydrogens (tertiary/aromatic N) is 2. The first kappa shape index (κ1) is 18.3. The Morgan fingerprint density at radius 1 is 0.885 bits per heavy atom. The molecule has 2 aromatic carbocycles. The average molecular weight is 372 g/mol. The smallest absolute Gasteiger partial charge is 0.295 e. The highest BCUT2D eigenvalue weighted by Crippen LogP contribution is 2.40. The quantitative estimate of drug-likeness (QED) is 0.491. The molecule has 3 aromatic rings. The van der Waals surface area contributed by atoms with Crippen molar-refractivity contribution in [3.63, 3.8) is 0 Å². The molecule has 138 valence electrons. The summed E-state index contributed by atoms with van der Waals surface area (Å²) in [6.45, 7) is 3.52. The second-order valence-corrected chi connectivity index (χ2v) is 6.18. The van der Waals surface area contributed by atoms with E-state index in [1.165, 1.54) is 4.57 Å².